The van der Waals surface area contributed by atoms with Gasteiger partial charge in [-0.25, -0.2) is 4.98 Å². The van der Waals surface area contributed by atoms with E-state index in [-0.39, 0.29) is 0 Å². The van der Waals surface area contributed by atoms with Crippen molar-refractivity contribution in [2.75, 3.05) is 0 Å². The topological polar surface area (TPSA) is 26.0 Å². The normalized spacial score (nSPS) is 10.2. The van der Waals surface area contributed by atoms with Crippen LogP contribution in [0.3, 0.4) is 0 Å². The largest absolute Gasteiger partial charge is 0.451 e. The molecule has 1 aromatic heterocycles. The Hall–Kier alpha value is -1.31. The van der Waals surface area contributed by atoms with Crippen molar-refractivity contribution in [3.63, 3.8) is 0 Å². The number of hydrogen-bond acceptors (Lipinski definition) is 2. The molecule has 0 saturated carbocycles. The molecule has 0 spiro atoms. The molecule has 0 N–H and O–H groups in total. The Morgan fingerprint density at radius 1 is 1.67 bits per heavy atom. The Balaban J connectivity index is 2.67. The van der Waals surface area contributed by atoms with Gasteiger partial charge in [0.05, 0.1) is 0 Å². The molecule has 1 heterocycles. The summed E-state index contributed by atoms with van der Waals surface area (Å²) in [5.74, 6) is 0. The van der Waals surface area contributed by atoms with Gasteiger partial charge in [-0.1, -0.05) is 18.7 Å². The number of allylic oxidation sites excluding steroid dienone is 2. The highest BCUT2D eigenvalue weighted by Gasteiger charge is 1.83. The third kappa shape index (κ3) is 1.57. The summed E-state index contributed by atoms with van der Waals surface area (Å²) in [5.41, 5.74) is 0.775. The lowest BCUT2D eigenvalue weighted by molar-refractivity contribution is 0.557. The molecule has 45 valence electrons. The Labute approximate surface area is 53.5 Å². The zero-order chi connectivity index (χ0) is 6.53. The van der Waals surface area contributed by atoms with E-state index in [2.05, 4.69) is 4.98 Å². The molecule has 0 fully saturated rings. The van der Waals surface area contributed by atoms with E-state index in [1.54, 1.807) is 18.4 Å². The number of nitrogens with zero attached hydrogens (tertiary/aromatic N) is 1. The molecule has 0 aliphatic rings. The Bertz CT molecular complexity index is 199. The van der Waals surface area contributed by atoms with E-state index < -0.39 is 0 Å². The first-order valence-corrected chi connectivity index (χ1v) is 2.53. The van der Waals surface area contributed by atoms with E-state index in [4.69, 9.17) is 11.0 Å². The smallest absolute Gasteiger partial charge is 0.181 e. The van der Waals surface area contributed by atoms with Crippen LogP contribution in [0.4, 0.5) is 0 Å². The quantitative estimate of drug-likeness (QED) is 0.555. The van der Waals surface area contributed by atoms with Crippen LogP contribution in [0.2, 0.25) is 0 Å². The number of aromatic nitrogens is 1. The lowest BCUT2D eigenvalue weighted by Crippen LogP contribution is -1.63. The fourth-order valence-electron chi connectivity index (χ4n) is 0.458. The van der Waals surface area contributed by atoms with Gasteiger partial charge >= 0.3 is 0 Å². The third-order valence-corrected chi connectivity index (χ3v) is 0.830. The fraction of sp³-hybridized carbons (Fsp3) is 0. The second kappa shape index (κ2) is 2.87. The van der Waals surface area contributed by atoms with Gasteiger partial charge in [-0.2, -0.15) is 0 Å². The highest BCUT2D eigenvalue weighted by atomic mass is 16.3. The van der Waals surface area contributed by atoms with Crippen LogP contribution in [0.25, 0.3) is 6.08 Å². The van der Waals surface area contributed by atoms with Gasteiger partial charge in [0.15, 0.2) is 6.39 Å². The molecule has 1 radical (unpaired) electrons. The predicted octanol–water partition coefficient (Wildman–Crippen LogP) is 1.68. The second-order valence-electron chi connectivity index (χ2n) is 1.46. The van der Waals surface area contributed by atoms with Crippen molar-refractivity contribution in [2.45, 2.75) is 0 Å². The maximum Gasteiger partial charge on any atom is 0.181 e. The highest BCUT2D eigenvalue weighted by molar-refractivity contribution is 5.44. The Kier molecular flexibility index (Phi) is 1.85. The molecule has 0 atom stereocenters. The Morgan fingerprint density at radius 3 is 3.11 bits per heavy atom. The minimum Gasteiger partial charge on any atom is -0.451 e. The molecule has 0 amide bonds. The van der Waals surface area contributed by atoms with E-state index in [0.717, 1.165) is 5.69 Å². The number of rotatable bonds is 2. The van der Waals surface area contributed by atoms with E-state index in [1.165, 1.54) is 12.5 Å². The van der Waals surface area contributed by atoms with Gasteiger partial charge in [0.2, 0.25) is 0 Å². The van der Waals surface area contributed by atoms with E-state index in [1.807, 2.05) is 0 Å². The zero-order valence-electron chi connectivity index (χ0n) is 4.82. The minimum atomic E-state index is 0.775. The van der Waals surface area contributed by atoms with Crippen LogP contribution >= 0.6 is 0 Å². The first-order chi connectivity index (χ1) is 4.43. The molecule has 0 bridgehead atoms. The van der Waals surface area contributed by atoms with Crippen molar-refractivity contribution < 1.29 is 4.42 Å². The molecule has 0 aromatic carbocycles. The van der Waals surface area contributed by atoms with E-state index in [0.29, 0.717) is 0 Å². The maximum absolute atomic E-state index is 5.07. The van der Waals surface area contributed by atoms with Crippen LogP contribution < -0.4 is 0 Å². The van der Waals surface area contributed by atoms with Gasteiger partial charge in [0.25, 0.3) is 0 Å². The van der Waals surface area contributed by atoms with Crippen LogP contribution in [0.15, 0.2) is 29.2 Å². The second-order valence-corrected chi connectivity index (χ2v) is 1.46. The van der Waals surface area contributed by atoms with E-state index in [9.17, 15) is 0 Å². The van der Waals surface area contributed by atoms with Crippen LogP contribution in [0.1, 0.15) is 5.69 Å². The summed E-state index contributed by atoms with van der Waals surface area (Å²) in [6.07, 6.45) is 7.80. The highest BCUT2D eigenvalue weighted by Crippen LogP contribution is 1.95. The molecular weight excluding hydrogens is 114 g/mol. The maximum atomic E-state index is 5.07. The monoisotopic (exact) mass is 120 g/mol. The predicted molar refractivity (Wildman–Crippen MR) is 34.4 cm³/mol. The first kappa shape index (κ1) is 5.82. The number of hydrogen-bond donors (Lipinski definition) is 0. The summed E-state index contributed by atoms with van der Waals surface area (Å²) in [5, 5.41) is 0. The van der Waals surface area contributed by atoms with Crippen LogP contribution in [0, 0.1) is 6.58 Å². The van der Waals surface area contributed by atoms with Crippen LogP contribution in [-0.4, -0.2) is 4.98 Å². The standard InChI is InChI=1S/C7H6NO/c1-2-3-4-7-5-9-6-8-7/h1-6H. The van der Waals surface area contributed by atoms with Gasteiger partial charge < -0.3 is 4.42 Å². The molecule has 1 rings (SSSR count). The summed E-state index contributed by atoms with van der Waals surface area (Å²) in [6, 6.07) is 0. The third-order valence-electron chi connectivity index (χ3n) is 0.830. The molecule has 0 aliphatic heterocycles. The zero-order valence-corrected chi connectivity index (χ0v) is 4.82. The summed E-state index contributed by atoms with van der Waals surface area (Å²) < 4.78 is 4.69. The summed E-state index contributed by atoms with van der Waals surface area (Å²) in [7, 11) is 0. The van der Waals surface area contributed by atoms with Crippen molar-refractivity contribution in [1.29, 1.82) is 0 Å². The molecule has 0 aliphatic carbocycles. The van der Waals surface area contributed by atoms with Gasteiger partial charge in [0.1, 0.15) is 12.0 Å². The molecule has 2 nitrogen and oxygen atoms in total. The average Bonchev–Trinajstić information content (AvgIpc) is 2.34. The van der Waals surface area contributed by atoms with Crippen molar-refractivity contribution in [2.24, 2.45) is 0 Å². The molecule has 0 unspecified atom stereocenters. The van der Waals surface area contributed by atoms with Crippen molar-refractivity contribution in [3.05, 3.63) is 37.1 Å². The molecule has 9 heavy (non-hydrogen) atoms. The lowest BCUT2D eigenvalue weighted by atomic mass is 10.4. The van der Waals surface area contributed by atoms with Gasteiger partial charge in [-0.3, -0.25) is 0 Å². The minimum absolute atomic E-state index is 0.775. The molecule has 1 aromatic rings. The Morgan fingerprint density at radius 2 is 2.56 bits per heavy atom. The van der Waals surface area contributed by atoms with Gasteiger partial charge in [0, 0.05) is 0 Å². The number of oxazole rings is 1. The summed E-state index contributed by atoms with van der Waals surface area (Å²) >= 11 is 0. The molecular formula is C7H6NO. The van der Waals surface area contributed by atoms with Crippen molar-refractivity contribution in [3.8, 4) is 0 Å². The van der Waals surface area contributed by atoms with Gasteiger partial charge in [-0.15, -0.1) is 0 Å². The van der Waals surface area contributed by atoms with Crippen molar-refractivity contribution >= 4 is 6.08 Å². The molecule has 2 heteroatoms. The fourth-order valence-corrected chi connectivity index (χ4v) is 0.458. The van der Waals surface area contributed by atoms with Crippen LogP contribution in [-0.2, 0) is 0 Å². The first-order valence-electron chi connectivity index (χ1n) is 2.53. The molecule has 0 saturated heterocycles. The summed E-state index contributed by atoms with van der Waals surface area (Å²) in [4.78, 5) is 3.82. The van der Waals surface area contributed by atoms with Crippen molar-refractivity contribution in [1.82, 2.24) is 4.98 Å². The van der Waals surface area contributed by atoms with E-state index >= 15 is 0 Å². The van der Waals surface area contributed by atoms with Gasteiger partial charge in [-0.05, 0) is 6.08 Å². The summed E-state index contributed by atoms with van der Waals surface area (Å²) in [6.45, 7) is 5.07. The lowest BCUT2D eigenvalue weighted by Gasteiger charge is -1.73. The average molecular weight is 120 g/mol. The SMILES string of the molecule is [CH]=CC=Cc1cocn1. The van der Waals surface area contributed by atoms with Crippen LogP contribution in [0.5, 0.6) is 0 Å².